The van der Waals surface area contributed by atoms with Crippen LogP contribution in [0.5, 0.6) is 5.75 Å². The summed E-state index contributed by atoms with van der Waals surface area (Å²) in [5.74, 6) is 1.22. The van der Waals surface area contributed by atoms with E-state index in [4.69, 9.17) is 9.26 Å². The number of carbonyl (C=O) groups excluding carboxylic acids is 1. The number of aromatic nitrogens is 1. The summed E-state index contributed by atoms with van der Waals surface area (Å²) in [6.07, 6.45) is 4.78. The molecule has 1 fully saturated rings. The maximum Gasteiger partial charge on any atom is 0.273 e. The molecule has 2 atom stereocenters. The lowest BCUT2D eigenvalue weighted by Crippen LogP contribution is -2.44. The zero-order chi connectivity index (χ0) is 19.7. The predicted molar refractivity (Wildman–Crippen MR) is 107 cm³/mol. The Morgan fingerprint density at radius 2 is 2.07 bits per heavy atom. The van der Waals surface area contributed by atoms with Gasteiger partial charge in [0.25, 0.3) is 5.91 Å². The molecule has 1 aromatic carbocycles. The number of nitrogens with one attached hydrogen (secondary N) is 1. The fourth-order valence-electron chi connectivity index (χ4n) is 4.39. The fraction of sp³-hybridized carbons (Fsp3) is 0.545. The van der Waals surface area contributed by atoms with E-state index < -0.39 is 0 Å². The first-order valence-electron chi connectivity index (χ1n) is 10.3. The molecule has 1 saturated heterocycles. The number of fused-ring (bicyclic) bond motifs is 3. The van der Waals surface area contributed by atoms with Gasteiger partial charge in [-0.1, -0.05) is 23.2 Å². The summed E-state index contributed by atoms with van der Waals surface area (Å²) < 4.78 is 11.3. The van der Waals surface area contributed by atoms with E-state index in [-0.39, 0.29) is 5.91 Å². The van der Waals surface area contributed by atoms with Gasteiger partial charge in [0.1, 0.15) is 12.4 Å². The first-order valence-corrected chi connectivity index (χ1v) is 10.3. The number of rotatable bonds is 5. The third-order valence-corrected chi connectivity index (χ3v) is 6.01. The number of likely N-dealkylation sites (tertiary alicyclic amines) is 1. The molecule has 0 radical (unpaired) electrons. The summed E-state index contributed by atoms with van der Waals surface area (Å²) in [6.45, 7) is 8.57. The van der Waals surface area contributed by atoms with Gasteiger partial charge in [0.05, 0.1) is 11.1 Å². The third-order valence-electron chi connectivity index (χ3n) is 6.01. The zero-order valence-electron chi connectivity index (χ0n) is 17.0. The molecule has 1 N–H and O–H groups in total. The standard InChI is InChI=1S/C22H29N3O3/c1-14-8-9-19-17(12-14)21-18(13-27-19)20(24-28-21)22(26)23-10-5-11-25-15(2)6-4-7-16(25)3/h8-9,12,15-16H,4-7,10-11,13H2,1-3H3,(H,23,26)/t15-,16+. The van der Waals surface area contributed by atoms with Crippen molar-refractivity contribution >= 4 is 5.91 Å². The molecule has 4 rings (SSSR count). The van der Waals surface area contributed by atoms with E-state index in [2.05, 4.69) is 29.2 Å². The highest BCUT2D eigenvalue weighted by molar-refractivity contribution is 5.95. The van der Waals surface area contributed by atoms with Gasteiger partial charge in [0.2, 0.25) is 0 Å². The second-order valence-corrected chi connectivity index (χ2v) is 8.10. The minimum Gasteiger partial charge on any atom is -0.488 e. The maximum absolute atomic E-state index is 12.6. The molecule has 0 saturated carbocycles. The van der Waals surface area contributed by atoms with Crippen LogP contribution in [0.1, 0.15) is 61.1 Å². The summed E-state index contributed by atoms with van der Waals surface area (Å²) in [7, 11) is 0. The number of piperidine rings is 1. The molecule has 0 aliphatic carbocycles. The van der Waals surface area contributed by atoms with Gasteiger partial charge >= 0.3 is 0 Å². The third kappa shape index (κ3) is 3.65. The minimum absolute atomic E-state index is 0.190. The number of hydrogen-bond donors (Lipinski definition) is 1. The monoisotopic (exact) mass is 383 g/mol. The van der Waals surface area contributed by atoms with Crippen molar-refractivity contribution in [1.82, 2.24) is 15.4 Å². The molecule has 3 heterocycles. The molecule has 0 bridgehead atoms. The first kappa shape index (κ1) is 19.0. The SMILES string of the molecule is Cc1ccc2c(c1)-c1onc(C(=O)NCCCN3[C@H](C)CCC[C@@H]3C)c1CO2. The average Bonchev–Trinajstić information content (AvgIpc) is 3.11. The molecule has 0 spiro atoms. The normalized spacial score (nSPS) is 21.5. The summed E-state index contributed by atoms with van der Waals surface area (Å²) >= 11 is 0. The van der Waals surface area contributed by atoms with Gasteiger partial charge in [-0.2, -0.15) is 0 Å². The lowest BCUT2D eigenvalue weighted by molar-refractivity contribution is 0.0916. The topological polar surface area (TPSA) is 67.6 Å². The fourth-order valence-corrected chi connectivity index (χ4v) is 4.39. The van der Waals surface area contributed by atoms with Gasteiger partial charge < -0.3 is 14.6 Å². The van der Waals surface area contributed by atoms with Crippen LogP contribution in [0.2, 0.25) is 0 Å². The molecule has 6 heteroatoms. The number of ether oxygens (including phenoxy) is 1. The Balaban J connectivity index is 1.36. The number of nitrogens with zero attached hydrogens (tertiary/aromatic N) is 2. The maximum atomic E-state index is 12.6. The highest BCUT2D eigenvalue weighted by atomic mass is 16.5. The largest absolute Gasteiger partial charge is 0.488 e. The number of aryl methyl sites for hydroxylation is 1. The van der Waals surface area contributed by atoms with E-state index >= 15 is 0 Å². The van der Waals surface area contributed by atoms with Crippen molar-refractivity contribution in [2.24, 2.45) is 0 Å². The summed E-state index contributed by atoms with van der Waals surface area (Å²) in [5.41, 5.74) is 3.04. The van der Waals surface area contributed by atoms with Crippen LogP contribution in [0.4, 0.5) is 0 Å². The Morgan fingerprint density at radius 1 is 1.29 bits per heavy atom. The molecule has 1 amide bonds. The lowest BCUT2D eigenvalue weighted by Gasteiger charge is -2.39. The van der Waals surface area contributed by atoms with Crippen molar-refractivity contribution < 1.29 is 14.1 Å². The van der Waals surface area contributed by atoms with Gasteiger partial charge in [-0.15, -0.1) is 0 Å². The van der Waals surface area contributed by atoms with Crippen molar-refractivity contribution in [2.75, 3.05) is 13.1 Å². The quantitative estimate of drug-likeness (QED) is 0.793. The molecule has 2 aliphatic rings. The minimum atomic E-state index is -0.190. The van der Waals surface area contributed by atoms with Crippen molar-refractivity contribution in [3.8, 4) is 17.1 Å². The Bertz CT molecular complexity index is 851. The van der Waals surface area contributed by atoms with Crippen LogP contribution in [-0.2, 0) is 6.61 Å². The summed E-state index contributed by atoms with van der Waals surface area (Å²) in [4.78, 5) is 15.2. The van der Waals surface area contributed by atoms with Crippen LogP contribution in [-0.4, -0.2) is 41.1 Å². The van der Waals surface area contributed by atoms with Crippen molar-refractivity contribution in [1.29, 1.82) is 0 Å². The summed E-state index contributed by atoms with van der Waals surface area (Å²) in [6, 6.07) is 7.18. The highest BCUT2D eigenvalue weighted by Crippen LogP contribution is 2.39. The van der Waals surface area contributed by atoms with E-state index in [1.807, 2.05) is 25.1 Å². The molecule has 2 aliphatic heterocycles. The number of amides is 1. The highest BCUT2D eigenvalue weighted by Gasteiger charge is 2.29. The van der Waals surface area contributed by atoms with Gasteiger partial charge in [0, 0.05) is 25.2 Å². The average molecular weight is 383 g/mol. The molecule has 150 valence electrons. The Labute approximate surface area is 166 Å². The Hall–Kier alpha value is -2.34. The van der Waals surface area contributed by atoms with Crippen molar-refractivity contribution in [3.63, 3.8) is 0 Å². The van der Waals surface area contributed by atoms with Crippen LogP contribution in [0.15, 0.2) is 22.7 Å². The summed E-state index contributed by atoms with van der Waals surface area (Å²) in [5, 5.41) is 7.04. The van der Waals surface area contributed by atoms with Crippen LogP contribution >= 0.6 is 0 Å². The molecule has 6 nitrogen and oxygen atoms in total. The molecule has 0 unspecified atom stereocenters. The van der Waals surface area contributed by atoms with Crippen LogP contribution in [0.25, 0.3) is 11.3 Å². The second kappa shape index (κ2) is 7.95. The van der Waals surface area contributed by atoms with Crippen LogP contribution in [0, 0.1) is 6.92 Å². The Kier molecular flexibility index (Phi) is 5.40. The molecule has 28 heavy (non-hydrogen) atoms. The zero-order valence-corrected chi connectivity index (χ0v) is 17.0. The van der Waals surface area contributed by atoms with Gasteiger partial charge in [-0.3, -0.25) is 9.69 Å². The number of carbonyl (C=O) groups is 1. The van der Waals surface area contributed by atoms with E-state index in [0.717, 1.165) is 35.4 Å². The number of hydrogen-bond acceptors (Lipinski definition) is 5. The van der Waals surface area contributed by atoms with Gasteiger partial charge in [0.15, 0.2) is 11.5 Å². The number of benzene rings is 1. The molecular formula is C22H29N3O3. The van der Waals surface area contributed by atoms with Crippen LogP contribution < -0.4 is 10.1 Å². The van der Waals surface area contributed by atoms with Gasteiger partial charge in [-0.25, -0.2) is 0 Å². The second-order valence-electron chi connectivity index (χ2n) is 8.10. The molecule has 1 aromatic heterocycles. The van der Waals surface area contributed by atoms with Crippen LogP contribution in [0.3, 0.4) is 0 Å². The van der Waals surface area contributed by atoms with E-state index in [9.17, 15) is 4.79 Å². The smallest absolute Gasteiger partial charge is 0.273 e. The van der Waals surface area contributed by atoms with Crippen molar-refractivity contribution in [2.45, 2.75) is 65.1 Å². The van der Waals surface area contributed by atoms with E-state index in [1.54, 1.807) is 0 Å². The molecule has 2 aromatic rings. The van der Waals surface area contributed by atoms with E-state index in [0.29, 0.717) is 36.7 Å². The van der Waals surface area contributed by atoms with Crippen molar-refractivity contribution in [3.05, 3.63) is 35.0 Å². The lowest BCUT2D eigenvalue weighted by atomic mass is 9.97. The predicted octanol–water partition coefficient (Wildman–Crippen LogP) is 3.93. The first-order chi connectivity index (χ1) is 13.5. The van der Waals surface area contributed by atoms with Gasteiger partial charge in [-0.05, 0) is 52.2 Å². The molecular weight excluding hydrogens is 354 g/mol. The van der Waals surface area contributed by atoms with E-state index in [1.165, 1.54) is 19.3 Å². The Morgan fingerprint density at radius 3 is 2.86 bits per heavy atom.